The molecule has 0 rings (SSSR count). The fourth-order valence-electron chi connectivity index (χ4n) is 4.20. The molecule has 0 radical (unpaired) electrons. The summed E-state index contributed by atoms with van der Waals surface area (Å²) in [5.41, 5.74) is 0. The van der Waals surface area contributed by atoms with Gasteiger partial charge in [-0.15, -0.1) is 0 Å². The molecule has 0 saturated heterocycles. The number of hydrogen-bond donors (Lipinski definition) is 1. The summed E-state index contributed by atoms with van der Waals surface area (Å²) in [7, 11) is 1.41. The number of carbonyl (C=O) groups is 2. The van der Waals surface area contributed by atoms with E-state index in [4.69, 9.17) is 18.5 Å². The molecule has 0 aromatic heterocycles. The summed E-state index contributed by atoms with van der Waals surface area (Å²) in [6.07, 6.45) is 39.3. The second-order valence-electron chi connectivity index (χ2n) is 13.0. The van der Waals surface area contributed by atoms with Crippen LogP contribution in [0.5, 0.6) is 0 Å². The number of quaternary nitrogens is 1. The summed E-state index contributed by atoms with van der Waals surface area (Å²) < 4.78 is 34.0. The van der Waals surface area contributed by atoms with Crippen LogP contribution in [0.4, 0.5) is 0 Å². The number of rotatable bonds is 31. The van der Waals surface area contributed by atoms with E-state index in [2.05, 4.69) is 44.2 Å². The van der Waals surface area contributed by atoms with E-state index < -0.39 is 32.5 Å². The van der Waals surface area contributed by atoms with Gasteiger partial charge in [0.05, 0.1) is 27.7 Å². The molecule has 284 valence electrons. The summed E-state index contributed by atoms with van der Waals surface area (Å²) in [6, 6.07) is 0. The Balaban J connectivity index is 4.59. The highest BCUT2D eigenvalue weighted by atomic mass is 31.2. The van der Waals surface area contributed by atoms with Crippen molar-refractivity contribution in [1.82, 2.24) is 0 Å². The standard InChI is InChI=1S/C40H66NO8P/c1-6-8-10-12-14-16-18-20-22-24-26-28-30-32-39(42)46-36-38(37-48-50(44,45)47-35-34-41(3,4)5)49-40(43)33-31-29-27-25-23-21-19-17-15-13-11-9-7-2/h8-19,21,23,38H,6-7,20,22,24-37H2,1-5H3/p+1/b10-8+,11-9+,14-12+,15-13+,18-16+,19-17+,23-21+. The van der Waals surface area contributed by atoms with Crippen molar-refractivity contribution >= 4 is 19.8 Å². The van der Waals surface area contributed by atoms with E-state index in [0.717, 1.165) is 64.2 Å². The monoisotopic (exact) mass is 720 g/mol. The first kappa shape index (κ1) is 47.2. The summed E-state index contributed by atoms with van der Waals surface area (Å²) in [6.45, 7) is 4.02. The maximum absolute atomic E-state index is 12.6. The van der Waals surface area contributed by atoms with E-state index >= 15 is 0 Å². The highest BCUT2D eigenvalue weighted by Gasteiger charge is 2.27. The molecule has 0 bridgehead atoms. The smallest absolute Gasteiger partial charge is 0.462 e. The van der Waals surface area contributed by atoms with Gasteiger partial charge in [0, 0.05) is 12.8 Å². The quantitative estimate of drug-likeness (QED) is 0.0248. The van der Waals surface area contributed by atoms with Crippen LogP contribution in [0, 0.1) is 0 Å². The third kappa shape index (κ3) is 35.0. The van der Waals surface area contributed by atoms with Gasteiger partial charge in [0.25, 0.3) is 0 Å². The van der Waals surface area contributed by atoms with Crippen molar-refractivity contribution in [3.63, 3.8) is 0 Å². The van der Waals surface area contributed by atoms with Crippen LogP contribution in [-0.4, -0.2) is 74.9 Å². The summed E-state index contributed by atoms with van der Waals surface area (Å²) in [4.78, 5) is 35.1. The number of hydrogen-bond acceptors (Lipinski definition) is 7. The highest BCUT2D eigenvalue weighted by molar-refractivity contribution is 7.47. The Morgan fingerprint density at radius 1 is 0.620 bits per heavy atom. The fourth-order valence-corrected chi connectivity index (χ4v) is 4.94. The van der Waals surface area contributed by atoms with Crippen molar-refractivity contribution in [2.75, 3.05) is 47.5 Å². The Kier molecular flexibility index (Phi) is 30.3. The van der Waals surface area contributed by atoms with Crippen LogP contribution in [0.2, 0.25) is 0 Å². The van der Waals surface area contributed by atoms with E-state index in [0.29, 0.717) is 23.9 Å². The predicted octanol–water partition coefficient (Wildman–Crippen LogP) is 9.68. The number of likely N-dealkylation sites (N-methyl/N-ethyl adjacent to an activating group) is 1. The van der Waals surface area contributed by atoms with Gasteiger partial charge in [-0.3, -0.25) is 18.6 Å². The number of phosphoric ester groups is 1. The molecule has 0 aromatic rings. The van der Waals surface area contributed by atoms with Crippen LogP contribution >= 0.6 is 7.82 Å². The lowest BCUT2D eigenvalue weighted by atomic mass is 10.1. The van der Waals surface area contributed by atoms with Gasteiger partial charge in [0.2, 0.25) is 0 Å². The zero-order valence-electron chi connectivity index (χ0n) is 31.6. The largest absolute Gasteiger partial charge is 0.472 e. The minimum Gasteiger partial charge on any atom is -0.462 e. The minimum atomic E-state index is -4.39. The molecule has 0 aromatic carbocycles. The number of carbonyl (C=O) groups excluding carboxylic acids is 2. The highest BCUT2D eigenvalue weighted by Crippen LogP contribution is 2.43. The van der Waals surface area contributed by atoms with Gasteiger partial charge in [-0.1, -0.05) is 125 Å². The van der Waals surface area contributed by atoms with E-state index in [9.17, 15) is 19.0 Å². The number of phosphoric acid groups is 1. The third-order valence-corrected chi connectivity index (χ3v) is 8.06. The van der Waals surface area contributed by atoms with Gasteiger partial charge in [-0.05, 0) is 51.4 Å². The van der Waals surface area contributed by atoms with Gasteiger partial charge in [-0.2, -0.15) is 0 Å². The molecule has 1 N–H and O–H groups in total. The van der Waals surface area contributed by atoms with Crippen molar-refractivity contribution in [3.8, 4) is 0 Å². The summed E-state index contributed by atoms with van der Waals surface area (Å²) in [5, 5.41) is 0. The number of esters is 2. The lowest BCUT2D eigenvalue weighted by molar-refractivity contribution is -0.870. The maximum Gasteiger partial charge on any atom is 0.472 e. The molecule has 2 atom stereocenters. The second kappa shape index (κ2) is 32.1. The molecular weight excluding hydrogens is 653 g/mol. The third-order valence-electron chi connectivity index (χ3n) is 7.08. The van der Waals surface area contributed by atoms with Crippen LogP contribution in [0.25, 0.3) is 0 Å². The number of unbranched alkanes of at least 4 members (excludes halogenated alkanes) is 8. The SMILES string of the molecule is CC/C=C/C=C/C=C/C=C/CCCCCC(=O)OC(COC(=O)CCCCCCC/C=C/C=C/C=C/CC)COP(=O)(O)OCC[N+](C)(C)C. The summed E-state index contributed by atoms with van der Waals surface area (Å²) in [5.74, 6) is -0.883. The zero-order chi connectivity index (χ0) is 37.2. The second-order valence-corrected chi connectivity index (χ2v) is 14.4. The van der Waals surface area contributed by atoms with Crippen LogP contribution in [0.3, 0.4) is 0 Å². The van der Waals surface area contributed by atoms with Crippen LogP contribution in [-0.2, 0) is 32.7 Å². The summed E-state index contributed by atoms with van der Waals surface area (Å²) >= 11 is 0. The van der Waals surface area contributed by atoms with Crippen LogP contribution in [0.15, 0.2) is 85.1 Å². The molecule has 0 aliphatic carbocycles. The lowest BCUT2D eigenvalue weighted by Gasteiger charge is -2.24. The maximum atomic E-state index is 12.6. The molecule has 0 amide bonds. The van der Waals surface area contributed by atoms with Crippen molar-refractivity contribution in [2.45, 2.75) is 110 Å². The molecule has 0 fully saturated rings. The van der Waals surface area contributed by atoms with Crippen molar-refractivity contribution in [2.24, 2.45) is 0 Å². The Morgan fingerprint density at radius 2 is 1.08 bits per heavy atom. The zero-order valence-corrected chi connectivity index (χ0v) is 32.5. The number of allylic oxidation sites excluding steroid dienone is 14. The van der Waals surface area contributed by atoms with Crippen molar-refractivity contribution < 1.29 is 42.1 Å². The first-order valence-corrected chi connectivity index (χ1v) is 19.9. The average molecular weight is 721 g/mol. The van der Waals surface area contributed by atoms with E-state index in [-0.39, 0.29) is 26.1 Å². The fraction of sp³-hybridized carbons (Fsp3) is 0.600. The Hall–Kier alpha value is -2.81. The van der Waals surface area contributed by atoms with Crippen LogP contribution < -0.4 is 0 Å². The molecule has 0 aliphatic heterocycles. The van der Waals surface area contributed by atoms with Gasteiger partial charge >= 0.3 is 19.8 Å². The van der Waals surface area contributed by atoms with Crippen molar-refractivity contribution in [3.05, 3.63) is 85.1 Å². The number of nitrogens with zero attached hydrogens (tertiary/aromatic N) is 1. The van der Waals surface area contributed by atoms with Crippen LogP contribution in [0.1, 0.15) is 104 Å². The molecule has 9 nitrogen and oxygen atoms in total. The minimum absolute atomic E-state index is 0.0148. The van der Waals surface area contributed by atoms with Crippen molar-refractivity contribution in [1.29, 1.82) is 0 Å². The first-order valence-electron chi connectivity index (χ1n) is 18.4. The van der Waals surface area contributed by atoms with Gasteiger partial charge in [0.1, 0.15) is 19.8 Å². The topological polar surface area (TPSA) is 108 Å². The normalized spacial score (nSPS) is 14.8. The predicted molar refractivity (Wildman–Crippen MR) is 205 cm³/mol. The Bertz CT molecular complexity index is 1130. The average Bonchev–Trinajstić information content (AvgIpc) is 3.06. The molecule has 0 spiro atoms. The first-order chi connectivity index (χ1) is 24.0. The molecule has 2 unspecified atom stereocenters. The molecule has 10 heteroatoms. The van der Waals surface area contributed by atoms with Gasteiger partial charge in [0.15, 0.2) is 6.10 Å². The lowest BCUT2D eigenvalue weighted by Crippen LogP contribution is -2.37. The Morgan fingerprint density at radius 3 is 1.62 bits per heavy atom. The molecule has 0 saturated carbocycles. The Labute approximate surface area is 303 Å². The van der Waals surface area contributed by atoms with E-state index in [1.54, 1.807) is 0 Å². The number of ether oxygens (including phenoxy) is 2. The van der Waals surface area contributed by atoms with Gasteiger partial charge in [-0.25, -0.2) is 4.57 Å². The molecule has 50 heavy (non-hydrogen) atoms. The van der Waals surface area contributed by atoms with Gasteiger partial charge < -0.3 is 18.9 Å². The van der Waals surface area contributed by atoms with E-state index in [1.165, 1.54) is 0 Å². The van der Waals surface area contributed by atoms with E-state index in [1.807, 2.05) is 75.8 Å². The molecule has 0 aliphatic rings. The molecule has 0 heterocycles. The molecular formula is C40H67NO8P+.